The molecule has 0 aliphatic carbocycles. The first-order valence-electron chi connectivity index (χ1n) is 8.30. The molecule has 0 atom stereocenters. The molecule has 6 nitrogen and oxygen atoms in total. The number of thiophene rings is 1. The molecule has 1 aromatic carbocycles. The minimum absolute atomic E-state index is 0.115. The molecular formula is C19H19N5OS. The zero-order valence-corrected chi connectivity index (χ0v) is 15.9. The van der Waals surface area contributed by atoms with Crippen molar-refractivity contribution in [3.63, 3.8) is 0 Å². The van der Waals surface area contributed by atoms with Crippen LogP contribution in [0.15, 0.2) is 36.4 Å². The minimum Gasteiger partial charge on any atom is -0.321 e. The summed E-state index contributed by atoms with van der Waals surface area (Å²) >= 11 is 1.45. The Bertz CT molecular complexity index is 1100. The highest BCUT2D eigenvalue weighted by molar-refractivity contribution is 7.20. The summed E-state index contributed by atoms with van der Waals surface area (Å²) in [5.41, 5.74) is 4.62. The molecule has 0 radical (unpaired) electrons. The number of benzene rings is 1. The van der Waals surface area contributed by atoms with Crippen LogP contribution in [0.1, 0.15) is 26.8 Å². The Morgan fingerprint density at radius 3 is 2.62 bits per heavy atom. The monoisotopic (exact) mass is 365 g/mol. The van der Waals surface area contributed by atoms with Crippen molar-refractivity contribution in [2.75, 3.05) is 5.32 Å². The van der Waals surface area contributed by atoms with Crippen molar-refractivity contribution in [3.8, 4) is 5.69 Å². The Morgan fingerprint density at radius 2 is 1.92 bits per heavy atom. The summed E-state index contributed by atoms with van der Waals surface area (Å²) in [7, 11) is 1.89. The van der Waals surface area contributed by atoms with E-state index in [2.05, 4.69) is 15.5 Å². The number of hydrogen-bond donors (Lipinski definition) is 1. The molecule has 0 spiro atoms. The third-order valence-electron chi connectivity index (χ3n) is 4.28. The Balaban J connectivity index is 1.62. The van der Waals surface area contributed by atoms with Crippen LogP contribution >= 0.6 is 11.3 Å². The van der Waals surface area contributed by atoms with Crippen LogP contribution in [0, 0.1) is 20.8 Å². The van der Waals surface area contributed by atoms with Gasteiger partial charge in [0, 0.05) is 23.8 Å². The first-order chi connectivity index (χ1) is 12.4. The predicted molar refractivity (Wildman–Crippen MR) is 104 cm³/mol. The van der Waals surface area contributed by atoms with Crippen molar-refractivity contribution in [1.29, 1.82) is 0 Å². The second-order valence-corrected chi connectivity index (χ2v) is 7.41. The Labute approximate surface area is 155 Å². The van der Waals surface area contributed by atoms with Crippen LogP contribution in [-0.4, -0.2) is 25.5 Å². The van der Waals surface area contributed by atoms with Gasteiger partial charge in [0.2, 0.25) is 0 Å². The average Bonchev–Trinajstić information content (AvgIpc) is 3.24. The lowest BCUT2D eigenvalue weighted by Gasteiger charge is -2.08. The molecule has 26 heavy (non-hydrogen) atoms. The van der Waals surface area contributed by atoms with Gasteiger partial charge in [-0.15, -0.1) is 11.3 Å². The number of aromatic nitrogens is 4. The fraction of sp³-hybridized carbons (Fsp3) is 0.211. The molecule has 7 heteroatoms. The number of anilines is 1. The van der Waals surface area contributed by atoms with E-state index in [-0.39, 0.29) is 5.91 Å². The van der Waals surface area contributed by atoms with Gasteiger partial charge in [-0.05, 0) is 51.1 Å². The standard InChI is InChI=1S/C19H19N5OS/c1-11-8-12(2)24(21-11)15-7-5-6-14(9-15)20-18(25)17-10-16-13(3)22-23(4)19(16)26-17/h5-10H,1-4H3,(H,20,25). The highest BCUT2D eigenvalue weighted by Crippen LogP contribution is 2.28. The number of fused-ring (bicyclic) bond motifs is 1. The van der Waals surface area contributed by atoms with E-state index in [0.29, 0.717) is 4.88 Å². The fourth-order valence-electron chi connectivity index (χ4n) is 3.12. The molecule has 4 rings (SSSR count). The van der Waals surface area contributed by atoms with Gasteiger partial charge < -0.3 is 5.32 Å². The number of carbonyl (C=O) groups excluding carboxylic acids is 1. The summed E-state index contributed by atoms with van der Waals surface area (Å²) in [4.78, 5) is 14.3. The Kier molecular flexibility index (Phi) is 3.88. The van der Waals surface area contributed by atoms with Gasteiger partial charge in [0.05, 0.1) is 22.0 Å². The molecule has 0 fully saturated rings. The Hall–Kier alpha value is -2.93. The van der Waals surface area contributed by atoms with Crippen LogP contribution in [0.2, 0.25) is 0 Å². The molecule has 3 aromatic heterocycles. The molecule has 0 bridgehead atoms. The number of aryl methyl sites for hydroxylation is 4. The number of nitrogens with one attached hydrogen (secondary N) is 1. The van der Waals surface area contributed by atoms with Gasteiger partial charge in [0.15, 0.2) is 0 Å². The van der Waals surface area contributed by atoms with E-state index in [1.807, 2.05) is 73.6 Å². The van der Waals surface area contributed by atoms with E-state index in [0.717, 1.165) is 38.7 Å². The minimum atomic E-state index is -0.115. The van der Waals surface area contributed by atoms with Gasteiger partial charge in [-0.25, -0.2) is 4.68 Å². The van der Waals surface area contributed by atoms with E-state index in [1.165, 1.54) is 11.3 Å². The number of nitrogens with zero attached hydrogens (tertiary/aromatic N) is 4. The number of rotatable bonds is 3. The lowest BCUT2D eigenvalue weighted by Crippen LogP contribution is -2.10. The Morgan fingerprint density at radius 1 is 1.12 bits per heavy atom. The summed E-state index contributed by atoms with van der Waals surface area (Å²) in [6, 6.07) is 11.6. The van der Waals surface area contributed by atoms with Gasteiger partial charge in [-0.3, -0.25) is 9.48 Å². The second kappa shape index (κ2) is 6.10. The SMILES string of the molecule is Cc1cc(C)n(-c2cccc(NC(=O)c3cc4c(C)nn(C)c4s3)c2)n1. The average molecular weight is 365 g/mol. The van der Waals surface area contributed by atoms with E-state index in [9.17, 15) is 4.79 Å². The third-order valence-corrected chi connectivity index (χ3v) is 5.48. The van der Waals surface area contributed by atoms with Gasteiger partial charge in [0.25, 0.3) is 5.91 Å². The van der Waals surface area contributed by atoms with Crippen LogP contribution in [0.5, 0.6) is 0 Å². The fourth-order valence-corrected chi connectivity index (χ4v) is 4.13. The summed E-state index contributed by atoms with van der Waals surface area (Å²) < 4.78 is 3.69. The lowest BCUT2D eigenvalue weighted by molar-refractivity contribution is 0.103. The van der Waals surface area contributed by atoms with Crippen LogP contribution < -0.4 is 5.32 Å². The molecule has 3 heterocycles. The quantitative estimate of drug-likeness (QED) is 0.597. The predicted octanol–water partition coefficient (Wildman–Crippen LogP) is 4.00. The molecule has 0 saturated heterocycles. The van der Waals surface area contributed by atoms with Crippen LogP contribution in [-0.2, 0) is 7.05 Å². The number of amides is 1. The highest BCUT2D eigenvalue weighted by Gasteiger charge is 2.15. The summed E-state index contributed by atoms with van der Waals surface area (Å²) in [6.45, 7) is 5.93. The van der Waals surface area contributed by atoms with E-state index in [4.69, 9.17) is 0 Å². The van der Waals surface area contributed by atoms with Crippen molar-refractivity contribution >= 4 is 33.1 Å². The normalized spacial score (nSPS) is 11.2. The highest BCUT2D eigenvalue weighted by atomic mass is 32.1. The van der Waals surface area contributed by atoms with Crippen molar-refractivity contribution in [2.24, 2.45) is 7.05 Å². The van der Waals surface area contributed by atoms with E-state index in [1.54, 1.807) is 0 Å². The zero-order chi connectivity index (χ0) is 18.4. The summed E-state index contributed by atoms with van der Waals surface area (Å²) in [5, 5.41) is 12.9. The van der Waals surface area contributed by atoms with Gasteiger partial charge in [-0.1, -0.05) is 6.07 Å². The third kappa shape index (κ3) is 2.80. The van der Waals surface area contributed by atoms with Crippen molar-refractivity contribution in [1.82, 2.24) is 19.6 Å². The van der Waals surface area contributed by atoms with Crippen LogP contribution in [0.4, 0.5) is 5.69 Å². The van der Waals surface area contributed by atoms with Crippen LogP contribution in [0.25, 0.3) is 15.9 Å². The second-order valence-electron chi connectivity index (χ2n) is 6.38. The zero-order valence-electron chi connectivity index (χ0n) is 15.1. The summed E-state index contributed by atoms with van der Waals surface area (Å²) in [5.74, 6) is -0.115. The van der Waals surface area contributed by atoms with Crippen molar-refractivity contribution in [2.45, 2.75) is 20.8 Å². The van der Waals surface area contributed by atoms with Gasteiger partial charge in [-0.2, -0.15) is 10.2 Å². The molecule has 1 N–H and O–H groups in total. The molecule has 132 valence electrons. The van der Waals surface area contributed by atoms with Gasteiger partial charge in [0.1, 0.15) is 4.83 Å². The first-order valence-corrected chi connectivity index (χ1v) is 9.12. The van der Waals surface area contributed by atoms with Crippen molar-refractivity contribution in [3.05, 3.63) is 58.4 Å². The van der Waals surface area contributed by atoms with Gasteiger partial charge >= 0.3 is 0 Å². The topological polar surface area (TPSA) is 64.7 Å². The molecule has 0 aliphatic rings. The maximum absolute atomic E-state index is 12.7. The largest absolute Gasteiger partial charge is 0.321 e. The molecule has 4 aromatic rings. The maximum atomic E-state index is 12.7. The number of hydrogen-bond acceptors (Lipinski definition) is 4. The molecule has 1 amide bonds. The molecular weight excluding hydrogens is 346 g/mol. The maximum Gasteiger partial charge on any atom is 0.265 e. The van der Waals surface area contributed by atoms with E-state index < -0.39 is 0 Å². The lowest BCUT2D eigenvalue weighted by atomic mass is 10.2. The smallest absolute Gasteiger partial charge is 0.265 e. The van der Waals surface area contributed by atoms with Crippen molar-refractivity contribution < 1.29 is 4.79 Å². The molecule has 0 saturated carbocycles. The van der Waals surface area contributed by atoms with Crippen LogP contribution in [0.3, 0.4) is 0 Å². The number of carbonyl (C=O) groups is 1. The molecule has 0 aliphatic heterocycles. The first kappa shape index (κ1) is 16.5. The molecule has 0 unspecified atom stereocenters. The van der Waals surface area contributed by atoms with E-state index >= 15 is 0 Å². The summed E-state index contributed by atoms with van der Waals surface area (Å²) in [6.07, 6.45) is 0.